The second kappa shape index (κ2) is 7.44. The Hall–Kier alpha value is -0.570. The molecule has 0 aromatic carbocycles. The van der Waals surface area contributed by atoms with Crippen molar-refractivity contribution in [1.82, 2.24) is 4.90 Å². The quantitative estimate of drug-likeness (QED) is 0.863. The zero-order chi connectivity index (χ0) is 14.5. The van der Waals surface area contributed by atoms with Crippen LogP contribution in [0.1, 0.15) is 65.2 Å². The van der Waals surface area contributed by atoms with Gasteiger partial charge in [-0.15, -0.1) is 0 Å². The van der Waals surface area contributed by atoms with Crippen LogP contribution in [0.3, 0.4) is 0 Å². The number of hydrogen-bond acceptors (Lipinski definition) is 2. The van der Waals surface area contributed by atoms with E-state index < -0.39 is 0 Å². The molecule has 2 fully saturated rings. The molecule has 3 nitrogen and oxygen atoms in total. The number of carbonyl (C=O) groups is 1. The highest BCUT2D eigenvalue weighted by Crippen LogP contribution is 2.31. The predicted molar refractivity (Wildman–Crippen MR) is 83.3 cm³/mol. The molecule has 0 radical (unpaired) electrons. The molecule has 2 rings (SSSR count). The number of likely N-dealkylation sites (tertiary alicyclic amines) is 1. The Morgan fingerprint density at radius 2 is 1.95 bits per heavy atom. The van der Waals surface area contributed by atoms with Crippen LogP contribution in [0.4, 0.5) is 0 Å². The average Bonchev–Trinajstić information content (AvgIpc) is 2.64. The molecule has 3 heteroatoms. The summed E-state index contributed by atoms with van der Waals surface area (Å²) < 4.78 is 0. The third kappa shape index (κ3) is 3.75. The van der Waals surface area contributed by atoms with Crippen molar-refractivity contribution in [3.8, 4) is 0 Å². The van der Waals surface area contributed by atoms with E-state index in [1.165, 1.54) is 38.5 Å². The van der Waals surface area contributed by atoms with Crippen molar-refractivity contribution < 1.29 is 4.79 Å². The van der Waals surface area contributed by atoms with E-state index in [9.17, 15) is 4.79 Å². The maximum atomic E-state index is 12.8. The van der Waals surface area contributed by atoms with E-state index in [0.29, 0.717) is 11.8 Å². The van der Waals surface area contributed by atoms with E-state index in [2.05, 4.69) is 18.7 Å². The number of hydrogen-bond donors (Lipinski definition) is 1. The van der Waals surface area contributed by atoms with Gasteiger partial charge in [-0.1, -0.05) is 33.1 Å². The molecule has 4 unspecified atom stereocenters. The number of nitrogens with two attached hydrogens (primary N) is 1. The fraction of sp³-hybridized carbons (Fsp3) is 0.941. The first-order chi connectivity index (χ1) is 9.63. The molecule has 20 heavy (non-hydrogen) atoms. The molecule has 0 bridgehead atoms. The van der Waals surface area contributed by atoms with Crippen molar-refractivity contribution in [3.63, 3.8) is 0 Å². The molecule has 2 N–H and O–H groups in total. The number of nitrogens with zero attached hydrogens (tertiary/aromatic N) is 1. The molecule has 1 heterocycles. The summed E-state index contributed by atoms with van der Waals surface area (Å²) >= 11 is 0. The Balaban J connectivity index is 1.94. The largest absolute Gasteiger partial charge is 0.342 e. The minimum atomic E-state index is 0.0754. The van der Waals surface area contributed by atoms with E-state index in [4.69, 9.17) is 5.73 Å². The average molecular weight is 280 g/mol. The van der Waals surface area contributed by atoms with Crippen molar-refractivity contribution in [2.75, 3.05) is 13.1 Å². The van der Waals surface area contributed by atoms with Gasteiger partial charge in [0.05, 0.1) is 5.92 Å². The Bertz CT molecular complexity index is 308. The van der Waals surface area contributed by atoms with Crippen molar-refractivity contribution in [2.45, 2.75) is 71.3 Å². The third-order valence-corrected chi connectivity index (χ3v) is 5.41. The standard InChI is InChI=1S/C17H32N2O/c1-3-6-14-8-5-11-19(12-10-14)17(20)16-13(2)7-4-9-15(16)18/h13-16H,3-12,18H2,1-2H3. The summed E-state index contributed by atoms with van der Waals surface area (Å²) in [7, 11) is 0. The van der Waals surface area contributed by atoms with Gasteiger partial charge in [-0.25, -0.2) is 0 Å². The summed E-state index contributed by atoms with van der Waals surface area (Å²) in [6.45, 7) is 6.38. The first-order valence-corrected chi connectivity index (χ1v) is 8.67. The van der Waals surface area contributed by atoms with E-state index in [0.717, 1.165) is 31.8 Å². The molecular formula is C17H32N2O. The number of amides is 1. The van der Waals surface area contributed by atoms with Gasteiger partial charge in [0, 0.05) is 19.1 Å². The van der Waals surface area contributed by atoms with Crippen LogP contribution in [0.2, 0.25) is 0 Å². The maximum absolute atomic E-state index is 12.8. The first-order valence-electron chi connectivity index (χ1n) is 8.67. The van der Waals surface area contributed by atoms with E-state index in [1.807, 2.05) is 0 Å². The summed E-state index contributed by atoms with van der Waals surface area (Å²) in [6.07, 6.45) is 9.62. The van der Waals surface area contributed by atoms with Gasteiger partial charge >= 0.3 is 0 Å². The van der Waals surface area contributed by atoms with Crippen LogP contribution in [0.25, 0.3) is 0 Å². The predicted octanol–water partition coefficient (Wildman–Crippen LogP) is 3.18. The van der Waals surface area contributed by atoms with E-state index in [1.54, 1.807) is 0 Å². The van der Waals surface area contributed by atoms with Gasteiger partial charge < -0.3 is 10.6 Å². The van der Waals surface area contributed by atoms with Crippen LogP contribution in [-0.4, -0.2) is 29.9 Å². The van der Waals surface area contributed by atoms with Gasteiger partial charge in [-0.05, 0) is 43.9 Å². The Morgan fingerprint density at radius 3 is 2.65 bits per heavy atom. The molecule has 0 aromatic rings. The van der Waals surface area contributed by atoms with Gasteiger partial charge in [0.25, 0.3) is 0 Å². The van der Waals surface area contributed by atoms with Crippen LogP contribution in [0.15, 0.2) is 0 Å². The van der Waals surface area contributed by atoms with Crippen LogP contribution < -0.4 is 5.73 Å². The van der Waals surface area contributed by atoms with Crippen LogP contribution in [0.5, 0.6) is 0 Å². The highest BCUT2D eigenvalue weighted by Gasteiger charge is 2.36. The molecule has 1 amide bonds. The molecule has 1 aliphatic carbocycles. The van der Waals surface area contributed by atoms with Crippen molar-refractivity contribution >= 4 is 5.91 Å². The summed E-state index contributed by atoms with van der Waals surface area (Å²) in [5, 5.41) is 0. The Morgan fingerprint density at radius 1 is 1.15 bits per heavy atom. The molecule has 0 aromatic heterocycles. The second-order valence-electron chi connectivity index (χ2n) is 7.01. The fourth-order valence-corrected chi connectivity index (χ4v) is 4.18. The molecule has 0 spiro atoms. The monoisotopic (exact) mass is 280 g/mol. The van der Waals surface area contributed by atoms with Gasteiger partial charge in [0.15, 0.2) is 0 Å². The molecule has 1 aliphatic heterocycles. The normalized spacial score (nSPS) is 35.6. The highest BCUT2D eigenvalue weighted by molar-refractivity contribution is 5.80. The summed E-state index contributed by atoms with van der Waals surface area (Å²) in [6, 6.07) is 0.0842. The second-order valence-corrected chi connectivity index (χ2v) is 7.01. The highest BCUT2D eigenvalue weighted by atomic mass is 16.2. The Labute approximate surface area is 124 Å². The van der Waals surface area contributed by atoms with Gasteiger partial charge in [-0.2, -0.15) is 0 Å². The zero-order valence-electron chi connectivity index (χ0n) is 13.3. The van der Waals surface area contributed by atoms with Gasteiger partial charge in [-0.3, -0.25) is 4.79 Å². The SMILES string of the molecule is CCCC1CCCN(C(=O)C2C(C)CCCC2N)CC1. The molecule has 1 saturated heterocycles. The number of carbonyl (C=O) groups excluding carboxylic acids is 1. The van der Waals surface area contributed by atoms with Crippen molar-refractivity contribution in [3.05, 3.63) is 0 Å². The minimum absolute atomic E-state index is 0.0754. The van der Waals surface area contributed by atoms with E-state index in [-0.39, 0.29) is 12.0 Å². The zero-order valence-corrected chi connectivity index (χ0v) is 13.3. The maximum Gasteiger partial charge on any atom is 0.227 e. The topological polar surface area (TPSA) is 46.3 Å². The van der Waals surface area contributed by atoms with Crippen molar-refractivity contribution in [2.24, 2.45) is 23.5 Å². The molecule has 116 valence electrons. The lowest BCUT2D eigenvalue weighted by atomic mass is 9.76. The summed E-state index contributed by atoms with van der Waals surface area (Å²) in [5.41, 5.74) is 6.24. The first kappa shape index (κ1) is 15.8. The Kier molecular flexibility index (Phi) is 5.88. The lowest BCUT2D eigenvalue weighted by Gasteiger charge is -2.36. The van der Waals surface area contributed by atoms with Gasteiger partial charge in [0.1, 0.15) is 0 Å². The fourth-order valence-electron chi connectivity index (χ4n) is 4.18. The van der Waals surface area contributed by atoms with Gasteiger partial charge in [0.2, 0.25) is 5.91 Å². The summed E-state index contributed by atoms with van der Waals surface area (Å²) in [5.74, 6) is 1.71. The molecule has 1 saturated carbocycles. The molecule has 2 aliphatic rings. The van der Waals surface area contributed by atoms with Crippen molar-refractivity contribution in [1.29, 1.82) is 0 Å². The van der Waals surface area contributed by atoms with Crippen LogP contribution in [0, 0.1) is 17.8 Å². The molecular weight excluding hydrogens is 248 g/mol. The van der Waals surface area contributed by atoms with E-state index >= 15 is 0 Å². The summed E-state index contributed by atoms with van der Waals surface area (Å²) in [4.78, 5) is 15.0. The lowest BCUT2D eigenvalue weighted by molar-refractivity contribution is -0.138. The smallest absolute Gasteiger partial charge is 0.227 e. The minimum Gasteiger partial charge on any atom is -0.342 e. The van der Waals surface area contributed by atoms with Crippen LogP contribution in [-0.2, 0) is 4.79 Å². The number of rotatable bonds is 3. The lowest BCUT2D eigenvalue weighted by Crippen LogP contribution is -2.49. The third-order valence-electron chi connectivity index (χ3n) is 5.41. The molecule has 4 atom stereocenters. The van der Waals surface area contributed by atoms with Crippen LogP contribution >= 0.6 is 0 Å².